The van der Waals surface area contributed by atoms with E-state index in [0.717, 1.165) is 25.6 Å². The van der Waals surface area contributed by atoms with E-state index in [0.29, 0.717) is 6.61 Å². The molecule has 1 aromatic carbocycles. The zero-order chi connectivity index (χ0) is 11.9. The molecular weight excluding hydrogens is 212 g/mol. The van der Waals surface area contributed by atoms with Crippen LogP contribution in [-0.4, -0.2) is 26.7 Å². The van der Waals surface area contributed by atoms with E-state index < -0.39 is 0 Å². The summed E-state index contributed by atoms with van der Waals surface area (Å²) in [4.78, 5) is 0. The Labute approximate surface area is 104 Å². The first kappa shape index (κ1) is 12.4. The van der Waals surface area contributed by atoms with Gasteiger partial charge in [0.15, 0.2) is 0 Å². The lowest BCUT2D eigenvalue weighted by molar-refractivity contribution is 0.185. The minimum Gasteiger partial charge on any atom is -0.384 e. The van der Waals surface area contributed by atoms with Gasteiger partial charge in [-0.2, -0.15) is 0 Å². The minimum absolute atomic E-state index is 0.676. The van der Waals surface area contributed by atoms with Crippen LogP contribution in [0.3, 0.4) is 0 Å². The number of ether oxygens (including phenoxy) is 1. The average molecular weight is 234 g/mol. The third-order valence-corrected chi connectivity index (χ3v) is 3.36. The van der Waals surface area contributed by atoms with Crippen molar-refractivity contribution in [3.8, 4) is 0 Å². The number of para-hydroxylation sites is 1. The van der Waals surface area contributed by atoms with Gasteiger partial charge in [-0.15, -0.1) is 0 Å². The Morgan fingerprint density at radius 1 is 1.29 bits per heavy atom. The smallest absolute Gasteiger partial charge is 0.0733 e. The third-order valence-electron chi connectivity index (χ3n) is 3.36. The van der Waals surface area contributed by atoms with Crippen LogP contribution in [0, 0.1) is 5.92 Å². The molecule has 17 heavy (non-hydrogen) atoms. The van der Waals surface area contributed by atoms with Crippen LogP contribution >= 0.6 is 0 Å². The fraction of sp³-hybridized carbons (Fsp3) is 0.571. The van der Waals surface area contributed by atoms with Crippen LogP contribution in [0.4, 0.5) is 5.69 Å². The highest BCUT2D eigenvalue weighted by Gasteiger charge is 2.12. The molecular formula is C14H22N2O. The molecule has 1 aromatic rings. The zero-order valence-corrected chi connectivity index (χ0v) is 10.5. The molecule has 2 rings (SSSR count). The molecule has 0 aliphatic carbocycles. The summed E-state index contributed by atoms with van der Waals surface area (Å²) in [7, 11) is 1.74. The number of hydrogen-bond acceptors (Lipinski definition) is 3. The number of methoxy groups -OCH3 is 1. The molecule has 0 unspecified atom stereocenters. The van der Waals surface area contributed by atoms with E-state index in [9.17, 15) is 0 Å². The second-order valence-electron chi connectivity index (χ2n) is 4.66. The van der Waals surface area contributed by atoms with Gasteiger partial charge in [-0.05, 0) is 37.9 Å². The fourth-order valence-electron chi connectivity index (χ4n) is 2.31. The molecule has 0 radical (unpaired) electrons. The van der Waals surface area contributed by atoms with Crippen molar-refractivity contribution in [3.05, 3.63) is 29.8 Å². The van der Waals surface area contributed by atoms with Crippen molar-refractivity contribution in [2.24, 2.45) is 5.92 Å². The van der Waals surface area contributed by atoms with Gasteiger partial charge in [0, 0.05) is 24.9 Å². The molecule has 0 atom stereocenters. The Kier molecular flexibility index (Phi) is 4.83. The summed E-state index contributed by atoms with van der Waals surface area (Å²) in [5.74, 6) is 0.798. The lowest BCUT2D eigenvalue weighted by Crippen LogP contribution is -2.31. The van der Waals surface area contributed by atoms with Crippen molar-refractivity contribution in [2.75, 3.05) is 32.1 Å². The first-order chi connectivity index (χ1) is 8.40. The van der Waals surface area contributed by atoms with E-state index in [1.54, 1.807) is 7.11 Å². The number of rotatable bonds is 5. The minimum atomic E-state index is 0.676. The number of hydrogen-bond donors (Lipinski definition) is 2. The molecule has 0 saturated carbocycles. The van der Waals surface area contributed by atoms with Crippen LogP contribution in [0.2, 0.25) is 0 Å². The summed E-state index contributed by atoms with van der Waals surface area (Å²) in [6.07, 6.45) is 2.55. The predicted molar refractivity (Wildman–Crippen MR) is 71.2 cm³/mol. The second kappa shape index (κ2) is 6.62. The molecule has 1 heterocycles. The Balaban J connectivity index is 1.88. The quantitative estimate of drug-likeness (QED) is 0.820. The highest BCUT2D eigenvalue weighted by molar-refractivity contribution is 5.50. The molecule has 3 nitrogen and oxygen atoms in total. The topological polar surface area (TPSA) is 33.3 Å². The number of nitrogens with one attached hydrogen (secondary N) is 2. The zero-order valence-electron chi connectivity index (χ0n) is 10.5. The maximum absolute atomic E-state index is 5.21. The predicted octanol–water partition coefficient (Wildman–Crippen LogP) is 2.24. The molecule has 0 amide bonds. The van der Waals surface area contributed by atoms with Gasteiger partial charge in [0.2, 0.25) is 0 Å². The highest BCUT2D eigenvalue weighted by Crippen LogP contribution is 2.18. The molecule has 2 N–H and O–H groups in total. The van der Waals surface area contributed by atoms with Crippen molar-refractivity contribution in [2.45, 2.75) is 19.4 Å². The van der Waals surface area contributed by atoms with Gasteiger partial charge in [-0.1, -0.05) is 18.2 Å². The first-order valence-corrected chi connectivity index (χ1v) is 6.41. The monoisotopic (exact) mass is 234 g/mol. The van der Waals surface area contributed by atoms with Gasteiger partial charge in [-0.3, -0.25) is 0 Å². The lowest BCUT2D eigenvalue weighted by Gasteiger charge is -2.23. The summed E-state index contributed by atoms with van der Waals surface area (Å²) in [6, 6.07) is 8.39. The summed E-state index contributed by atoms with van der Waals surface area (Å²) in [6.45, 7) is 4.07. The van der Waals surface area contributed by atoms with Crippen molar-refractivity contribution < 1.29 is 4.74 Å². The summed E-state index contributed by atoms with van der Waals surface area (Å²) in [5, 5.41) is 6.96. The number of anilines is 1. The van der Waals surface area contributed by atoms with Crippen LogP contribution < -0.4 is 10.6 Å². The first-order valence-electron chi connectivity index (χ1n) is 6.41. The van der Waals surface area contributed by atoms with Crippen LogP contribution in [0.25, 0.3) is 0 Å². The van der Waals surface area contributed by atoms with E-state index in [1.807, 2.05) is 0 Å². The molecule has 1 aliphatic heterocycles. The molecule has 0 spiro atoms. The molecule has 94 valence electrons. The largest absolute Gasteiger partial charge is 0.384 e. The van der Waals surface area contributed by atoms with Gasteiger partial charge >= 0.3 is 0 Å². The highest BCUT2D eigenvalue weighted by atomic mass is 16.5. The van der Waals surface area contributed by atoms with E-state index in [-0.39, 0.29) is 0 Å². The molecule has 3 heteroatoms. The normalized spacial score (nSPS) is 17.0. The Morgan fingerprint density at radius 2 is 2.06 bits per heavy atom. The van der Waals surface area contributed by atoms with Crippen molar-refractivity contribution in [1.82, 2.24) is 5.32 Å². The maximum atomic E-state index is 5.21. The maximum Gasteiger partial charge on any atom is 0.0733 e. The van der Waals surface area contributed by atoms with Crippen LogP contribution in [-0.2, 0) is 11.3 Å². The molecule has 1 aliphatic rings. The average Bonchev–Trinajstić information content (AvgIpc) is 2.39. The standard InChI is InChI=1S/C14H22N2O/c1-17-11-13-4-2-3-5-14(13)16-10-12-6-8-15-9-7-12/h2-5,12,15-16H,6-11H2,1H3. The molecule has 1 fully saturated rings. The van der Waals surface area contributed by atoms with Crippen molar-refractivity contribution in [1.29, 1.82) is 0 Å². The lowest BCUT2D eigenvalue weighted by atomic mass is 9.98. The number of benzene rings is 1. The van der Waals surface area contributed by atoms with Gasteiger partial charge in [0.1, 0.15) is 0 Å². The van der Waals surface area contributed by atoms with E-state index in [4.69, 9.17) is 4.74 Å². The van der Waals surface area contributed by atoms with Gasteiger partial charge in [0.05, 0.1) is 6.61 Å². The second-order valence-corrected chi connectivity index (χ2v) is 4.66. The van der Waals surface area contributed by atoms with Crippen LogP contribution in [0.5, 0.6) is 0 Å². The van der Waals surface area contributed by atoms with Crippen LogP contribution in [0.1, 0.15) is 18.4 Å². The summed E-state index contributed by atoms with van der Waals surface area (Å²) >= 11 is 0. The SMILES string of the molecule is COCc1ccccc1NCC1CCNCC1. The van der Waals surface area contributed by atoms with E-state index in [1.165, 1.54) is 24.1 Å². The fourth-order valence-corrected chi connectivity index (χ4v) is 2.31. The Hall–Kier alpha value is -1.06. The Morgan fingerprint density at radius 3 is 2.82 bits per heavy atom. The van der Waals surface area contributed by atoms with E-state index >= 15 is 0 Å². The molecule has 0 bridgehead atoms. The van der Waals surface area contributed by atoms with Crippen molar-refractivity contribution >= 4 is 5.69 Å². The van der Waals surface area contributed by atoms with Gasteiger partial charge in [-0.25, -0.2) is 0 Å². The van der Waals surface area contributed by atoms with Crippen LogP contribution in [0.15, 0.2) is 24.3 Å². The third kappa shape index (κ3) is 3.72. The van der Waals surface area contributed by atoms with Gasteiger partial charge in [0.25, 0.3) is 0 Å². The van der Waals surface area contributed by atoms with E-state index in [2.05, 4.69) is 34.9 Å². The Bertz CT molecular complexity index is 335. The summed E-state index contributed by atoms with van der Waals surface area (Å²) in [5.41, 5.74) is 2.46. The molecule has 0 aromatic heterocycles. The number of piperidine rings is 1. The summed E-state index contributed by atoms with van der Waals surface area (Å²) < 4.78 is 5.21. The van der Waals surface area contributed by atoms with Gasteiger partial charge < -0.3 is 15.4 Å². The molecule has 1 saturated heterocycles. The van der Waals surface area contributed by atoms with Crippen molar-refractivity contribution in [3.63, 3.8) is 0 Å².